The number of para-hydroxylation sites is 2. The van der Waals surface area contributed by atoms with Gasteiger partial charge in [0.1, 0.15) is 34.7 Å². The lowest BCUT2D eigenvalue weighted by Crippen LogP contribution is -2.17. The molecule has 0 saturated heterocycles. The average molecular weight is 865 g/mol. The molecule has 0 bridgehead atoms. The van der Waals surface area contributed by atoms with Gasteiger partial charge in [-0.3, -0.25) is 0 Å². The highest BCUT2D eigenvalue weighted by molar-refractivity contribution is 6.13. The Bertz CT molecular complexity index is 3750. The molecule has 0 unspecified atom stereocenters. The van der Waals surface area contributed by atoms with Crippen LogP contribution in [0.25, 0.3) is 71.7 Å². The van der Waals surface area contributed by atoms with Gasteiger partial charge in [0.15, 0.2) is 0 Å². The molecule has 320 valence electrons. The Labute approximate surface area is 389 Å². The van der Waals surface area contributed by atoms with Crippen molar-refractivity contribution in [1.82, 2.24) is 0 Å². The van der Waals surface area contributed by atoms with Gasteiger partial charge in [0.25, 0.3) is 0 Å². The third-order valence-electron chi connectivity index (χ3n) is 13.0. The van der Waals surface area contributed by atoms with Crippen LogP contribution >= 0.6 is 0 Å². The molecule has 0 fully saturated rings. The molecule has 3 aliphatic heterocycles. The number of hydrogen-bond donors (Lipinski definition) is 0. The van der Waals surface area contributed by atoms with E-state index >= 15 is 0 Å². The van der Waals surface area contributed by atoms with Gasteiger partial charge in [0.2, 0.25) is 0 Å². The first-order valence-electron chi connectivity index (χ1n) is 22.6. The summed E-state index contributed by atoms with van der Waals surface area (Å²) in [6.07, 6.45) is 29.4. The Kier molecular flexibility index (Phi) is 9.71. The molecule has 5 heterocycles. The van der Waals surface area contributed by atoms with Gasteiger partial charge < -0.3 is 23.4 Å². The van der Waals surface area contributed by atoms with Crippen molar-refractivity contribution < 1.29 is 13.6 Å². The lowest BCUT2D eigenvalue weighted by atomic mass is 9.95. The molecule has 0 spiro atoms. The summed E-state index contributed by atoms with van der Waals surface area (Å²) in [7, 11) is 0. The minimum atomic E-state index is 0.419. The summed E-state index contributed by atoms with van der Waals surface area (Å²) < 4.78 is 19.3. The molecular formula is C62H44N2O3. The smallest absolute Gasteiger partial charge is 0.145 e. The van der Waals surface area contributed by atoms with Crippen LogP contribution in [0.4, 0.5) is 17.1 Å². The zero-order valence-corrected chi connectivity index (χ0v) is 36.8. The number of ether oxygens (including phenoxy) is 1. The van der Waals surface area contributed by atoms with Crippen LogP contribution in [0.15, 0.2) is 246 Å². The molecule has 12 rings (SSSR count). The molecule has 0 atom stereocenters. The van der Waals surface area contributed by atoms with E-state index in [1.807, 2.05) is 42.5 Å². The second-order valence-electron chi connectivity index (χ2n) is 17.1. The molecule has 6 aromatic carbocycles. The van der Waals surface area contributed by atoms with E-state index in [0.717, 1.165) is 141 Å². The molecule has 2 aromatic heterocycles. The molecule has 5 heteroatoms. The summed E-state index contributed by atoms with van der Waals surface area (Å²) in [6, 6.07) is 40.1. The normalized spacial score (nSPS) is 18.7. The van der Waals surface area contributed by atoms with E-state index in [1.165, 1.54) is 0 Å². The highest BCUT2D eigenvalue weighted by atomic mass is 16.5. The summed E-state index contributed by atoms with van der Waals surface area (Å²) in [5, 5.41) is 4.17. The van der Waals surface area contributed by atoms with Crippen molar-refractivity contribution in [2.75, 3.05) is 16.4 Å². The molecule has 5 nitrogen and oxygen atoms in total. The number of fused-ring (bicyclic) bond motifs is 10. The number of benzene rings is 6. The molecule has 0 radical (unpaired) electrons. The summed E-state index contributed by atoms with van der Waals surface area (Å²) in [5.41, 5.74) is 20.7. The molecule has 0 amide bonds. The summed E-state index contributed by atoms with van der Waals surface area (Å²) in [5.74, 6) is 0.803. The summed E-state index contributed by atoms with van der Waals surface area (Å²) in [4.78, 5) is 4.47. The molecule has 8 aromatic rings. The zero-order valence-electron chi connectivity index (χ0n) is 36.8. The molecule has 67 heavy (non-hydrogen) atoms. The fourth-order valence-corrected chi connectivity index (χ4v) is 9.62. The highest BCUT2D eigenvalue weighted by Crippen LogP contribution is 2.44. The quantitative estimate of drug-likeness (QED) is 0.165. The fraction of sp³-hybridized carbons (Fsp3) is 0.0484. The largest absolute Gasteiger partial charge is 0.489 e. The molecule has 0 saturated carbocycles. The van der Waals surface area contributed by atoms with Gasteiger partial charge in [0.05, 0.1) is 11.4 Å². The Morgan fingerprint density at radius 1 is 0.552 bits per heavy atom. The minimum Gasteiger partial charge on any atom is -0.489 e. The maximum absolute atomic E-state index is 6.72. The molecule has 4 aliphatic rings. The minimum absolute atomic E-state index is 0.419. The lowest BCUT2D eigenvalue weighted by Gasteiger charge is -2.27. The Balaban J connectivity index is 0.927. The van der Waals surface area contributed by atoms with E-state index in [-0.39, 0.29) is 0 Å². The first kappa shape index (κ1) is 39.8. The van der Waals surface area contributed by atoms with Crippen LogP contribution in [0.3, 0.4) is 0 Å². The van der Waals surface area contributed by atoms with Gasteiger partial charge in [-0.2, -0.15) is 0 Å². The second kappa shape index (κ2) is 16.3. The third-order valence-corrected chi connectivity index (χ3v) is 13.0. The molecule has 1 aliphatic carbocycles. The topological polar surface area (TPSA) is 42.0 Å². The zero-order chi connectivity index (χ0) is 45.0. The predicted molar refractivity (Wildman–Crippen MR) is 279 cm³/mol. The first-order valence-corrected chi connectivity index (χ1v) is 22.6. The van der Waals surface area contributed by atoms with Crippen molar-refractivity contribution in [2.45, 2.75) is 12.8 Å². The van der Waals surface area contributed by atoms with Crippen LogP contribution in [0.2, 0.25) is 0 Å². The van der Waals surface area contributed by atoms with E-state index in [1.54, 1.807) is 0 Å². The first-order chi connectivity index (χ1) is 32.9. The fourth-order valence-electron chi connectivity index (χ4n) is 9.62. The van der Waals surface area contributed by atoms with Crippen molar-refractivity contribution >= 4 is 77.7 Å². The van der Waals surface area contributed by atoms with Gasteiger partial charge in [0, 0.05) is 67.6 Å². The predicted octanol–water partition coefficient (Wildman–Crippen LogP) is 16.6. The number of rotatable bonds is 4. The summed E-state index contributed by atoms with van der Waals surface area (Å²) in [6.45, 7) is 13.8. The Morgan fingerprint density at radius 2 is 1.31 bits per heavy atom. The van der Waals surface area contributed by atoms with E-state index in [0.29, 0.717) is 6.61 Å². The SMILES string of the molecule is C=C1C=C=C(C2=C/C(=C)c3ccccc3N(c3ccc4oc5ccc(-c6ccc7oc8c9c(ccc8c7c6)N(C6=CCCC=C6)/C=C\C=C/C9=C)cc5c4c3)/C=C\2)/C=C\COc2ccccc21. The van der Waals surface area contributed by atoms with Crippen molar-refractivity contribution in [3.8, 4) is 16.9 Å². The van der Waals surface area contributed by atoms with Crippen LogP contribution in [-0.2, 0) is 0 Å². The van der Waals surface area contributed by atoms with Crippen molar-refractivity contribution in [3.63, 3.8) is 0 Å². The number of hydrogen-bond acceptors (Lipinski definition) is 5. The Morgan fingerprint density at radius 3 is 2.15 bits per heavy atom. The van der Waals surface area contributed by atoms with E-state index < -0.39 is 0 Å². The standard InChI is InChI=1S/C62H44N2O3/c1-40-22-23-43(15-13-35-65-57-21-10-8-19-50(40)57)46-32-34-64(55-20-9-7-18-49(55)42(3)36-46)48-26-31-59-54(39-48)53-38-45(24-29-58(53)66-59)44-25-30-60-52(37-44)51-27-28-56-61(62(51)67-60)41(2)14-11-12-33-63(56)47-16-5-4-6-17-47/h5,7-22,24-34,36-39H,1-4,6,35H2/b14-11-,15-13-,33-12-,34-32-,46-36+. The highest BCUT2D eigenvalue weighted by Gasteiger charge is 2.23. The van der Waals surface area contributed by atoms with E-state index in [4.69, 9.17) is 13.6 Å². The number of nitrogens with zero attached hydrogens (tertiary/aromatic N) is 2. The van der Waals surface area contributed by atoms with Crippen LogP contribution in [0.5, 0.6) is 5.75 Å². The Hall–Kier alpha value is -8.76. The van der Waals surface area contributed by atoms with Crippen molar-refractivity contribution in [3.05, 3.63) is 253 Å². The van der Waals surface area contributed by atoms with Crippen LogP contribution in [-0.4, -0.2) is 6.61 Å². The van der Waals surface area contributed by atoms with Gasteiger partial charge in [-0.15, -0.1) is 5.73 Å². The van der Waals surface area contributed by atoms with E-state index in [2.05, 4.69) is 187 Å². The lowest BCUT2D eigenvalue weighted by molar-refractivity contribution is 0.362. The van der Waals surface area contributed by atoms with Crippen molar-refractivity contribution in [2.24, 2.45) is 0 Å². The summed E-state index contributed by atoms with van der Waals surface area (Å²) >= 11 is 0. The van der Waals surface area contributed by atoms with Gasteiger partial charge in [-0.1, -0.05) is 92.6 Å². The third kappa shape index (κ3) is 7.06. The van der Waals surface area contributed by atoms with Crippen LogP contribution in [0.1, 0.15) is 29.5 Å². The maximum Gasteiger partial charge on any atom is 0.145 e. The molecular weight excluding hydrogens is 821 g/mol. The number of furan rings is 2. The molecule has 0 N–H and O–H groups in total. The van der Waals surface area contributed by atoms with Gasteiger partial charge >= 0.3 is 0 Å². The second-order valence-corrected chi connectivity index (χ2v) is 17.1. The number of anilines is 3. The van der Waals surface area contributed by atoms with Crippen LogP contribution in [0, 0.1) is 0 Å². The average Bonchev–Trinajstić information content (AvgIpc) is 3.92. The van der Waals surface area contributed by atoms with E-state index in [9.17, 15) is 0 Å². The number of allylic oxidation sites excluding steroid dienone is 14. The van der Waals surface area contributed by atoms with Gasteiger partial charge in [-0.25, -0.2) is 0 Å². The van der Waals surface area contributed by atoms with Gasteiger partial charge in [-0.05, 0) is 156 Å². The van der Waals surface area contributed by atoms with Crippen molar-refractivity contribution in [1.29, 1.82) is 0 Å². The monoisotopic (exact) mass is 864 g/mol. The maximum atomic E-state index is 6.72. The van der Waals surface area contributed by atoms with Crippen LogP contribution < -0.4 is 14.5 Å².